The van der Waals surface area contributed by atoms with Crippen LogP contribution in [0, 0.1) is 11.6 Å². The second-order valence-corrected chi connectivity index (χ2v) is 6.80. The molecule has 2 heterocycles. The molecule has 7 heteroatoms. The molecule has 0 fully saturated rings. The zero-order chi connectivity index (χ0) is 21.6. The summed E-state index contributed by atoms with van der Waals surface area (Å²) in [7, 11) is 1.52. The number of hydrogen-bond donors (Lipinski definition) is 0. The van der Waals surface area contributed by atoms with Crippen LogP contribution in [-0.4, -0.2) is 27.4 Å². The highest BCUT2D eigenvalue weighted by Crippen LogP contribution is 2.27. The Morgan fingerprint density at radius 2 is 2.06 bits per heavy atom. The van der Waals surface area contributed by atoms with Crippen molar-refractivity contribution >= 4 is 5.71 Å². The number of rotatable bonds is 6. The molecular weight excluding hydrogens is 398 g/mol. The lowest BCUT2D eigenvalue weighted by molar-refractivity contribution is 0.214. The van der Waals surface area contributed by atoms with Crippen LogP contribution in [0.15, 0.2) is 89.9 Å². The first-order valence-corrected chi connectivity index (χ1v) is 9.75. The molecule has 0 amide bonds. The lowest BCUT2D eigenvalue weighted by Crippen LogP contribution is -2.01. The molecule has 0 saturated heterocycles. The maximum atomic E-state index is 14.1. The van der Waals surface area contributed by atoms with Gasteiger partial charge in [-0.3, -0.25) is 0 Å². The van der Waals surface area contributed by atoms with Crippen molar-refractivity contribution in [3.63, 3.8) is 0 Å². The predicted octanol–water partition coefficient (Wildman–Crippen LogP) is 5.33. The Morgan fingerprint density at radius 3 is 2.94 bits per heavy atom. The molecule has 1 aromatic carbocycles. The number of halogens is 2. The van der Waals surface area contributed by atoms with Crippen molar-refractivity contribution in [3.05, 3.63) is 96.4 Å². The van der Waals surface area contributed by atoms with Crippen LogP contribution in [0.25, 0.3) is 22.8 Å². The second-order valence-electron chi connectivity index (χ2n) is 6.80. The van der Waals surface area contributed by atoms with Crippen LogP contribution >= 0.6 is 0 Å². The zero-order valence-corrected chi connectivity index (χ0v) is 16.9. The molecule has 0 spiro atoms. The Morgan fingerprint density at radius 1 is 1.19 bits per heavy atom. The van der Waals surface area contributed by atoms with Gasteiger partial charge in [0.2, 0.25) is 0 Å². The Kier molecular flexibility index (Phi) is 6.12. The molecule has 156 valence electrons. The smallest absolute Gasteiger partial charge is 0.169 e. The fourth-order valence-electron chi connectivity index (χ4n) is 3.20. The van der Waals surface area contributed by atoms with E-state index >= 15 is 0 Å². The predicted molar refractivity (Wildman–Crippen MR) is 117 cm³/mol. The van der Waals surface area contributed by atoms with E-state index in [0.717, 1.165) is 23.8 Å². The summed E-state index contributed by atoms with van der Waals surface area (Å²) in [6.07, 6.45) is 18.4. The van der Waals surface area contributed by atoms with Crippen LogP contribution in [0.4, 0.5) is 8.78 Å². The van der Waals surface area contributed by atoms with E-state index in [0.29, 0.717) is 17.9 Å². The number of oxime groups is 1. The first-order chi connectivity index (χ1) is 15.2. The summed E-state index contributed by atoms with van der Waals surface area (Å²) in [4.78, 5) is 13.7. The summed E-state index contributed by atoms with van der Waals surface area (Å²) >= 11 is 0. The fourth-order valence-corrected chi connectivity index (χ4v) is 3.20. The molecule has 0 bridgehead atoms. The van der Waals surface area contributed by atoms with E-state index in [4.69, 9.17) is 4.84 Å². The largest absolute Gasteiger partial charge is 0.399 e. The molecule has 0 atom stereocenters. The third-order valence-corrected chi connectivity index (χ3v) is 4.69. The van der Waals surface area contributed by atoms with Crippen molar-refractivity contribution in [2.24, 2.45) is 5.16 Å². The van der Waals surface area contributed by atoms with Crippen molar-refractivity contribution in [1.82, 2.24) is 14.5 Å². The number of benzene rings is 1. The van der Waals surface area contributed by atoms with Gasteiger partial charge in [0.15, 0.2) is 17.5 Å². The Hall–Kier alpha value is -3.87. The Bertz CT molecular complexity index is 1200. The highest BCUT2D eigenvalue weighted by atomic mass is 19.2. The first kappa shape index (κ1) is 20.4. The van der Waals surface area contributed by atoms with Crippen molar-refractivity contribution in [3.8, 4) is 22.8 Å². The third-order valence-electron chi connectivity index (χ3n) is 4.69. The minimum absolute atomic E-state index is 0.0438. The minimum atomic E-state index is -0.948. The Balaban J connectivity index is 1.54. The van der Waals surface area contributed by atoms with Gasteiger partial charge in [0.25, 0.3) is 0 Å². The molecule has 4 rings (SSSR count). The van der Waals surface area contributed by atoms with E-state index in [-0.39, 0.29) is 11.4 Å². The van der Waals surface area contributed by atoms with Gasteiger partial charge >= 0.3 is 0 Å². The summed E-state index contributed by atoms with van der Waals surface area (Å²) in [6, 6.07) is 5.77. The van der Waals surface area contributed by atoms with Crippen LogP contribution in [-0.2, 0) is 11.4 Å². The quantitative estimate of drug-likeness (QED) is 0.402. The van der Waals surface area contributed by atoms with E-state index in [2.05, 4.69) is 27.3 Å². The molecule has 0 saturated carbocycles. The summed E-state index contributed by atoms with van der Waals surface area (Å²) in [6.45, 7) is 0.560. The summed E-state index contributed by atoms with van der Waals surface area (Å²) in [5, 5.41) is 4.11. The summed E-state index contributed by atoms with van der Waals surface area (Å²) in [5.74, 6) is -1.71. The number of aromatic nitrogens is 3. The summed E-state index contributed by atoms with van der Waals surface area (Å²) in [5.41, 5.74) is 2.96. The highest BCUT2D eigenvalue weighted by Gasteiger charge is 2.17. The van der Waals surface area contributed by atoms with Gasteiger partial charge in [-0.2, -0.15) is 0 Å². The Labute approximate surface area is 178 Å². The highest BCUT2D eigenvalue weighted by molar-refractivity contribution is 6.10. The average Bonchev–Trinajstić information content (AvgIpc) is 2.99. The van der Waals surface area contributed by atoms with Crippen molar-refractivity contribution in [1.29, 1.82) is 0 Å². The zero-order valence-electron chi connectivity index (χ0n) is 16.9. The van der Waals surface area contributed by atoms with Gasteiger partial charge in [-0.05, 0) is 36.3 Å². The van der Waals surface area contributed by atoms with E-state index in [1.807, 2.05) is 47.3 Å². The van der Waals surface area contributed by atoms with E-state index in [9.17, 15) is 8.78 Å². The SMILES string of the molecule is CO/N=C(\C=C\Cn1ccc2nc(-c3cccc(F)c3F)nc-2c1)C1=CCC=CC=C1. The van der Waals surface area contributed by atoms with Gasteiger partial charge in [-0.25, -0.2) is 18.7 Å². The number of nitrogens with zero attached hydrogens (tertiary/aromatic N) is 4. The van der Waals surface area contributed by atoms with Crippen LogP contribution in [0.3, 0.4) is 0 Å². The minimum Gasteiger partial charge on any atom is -0.399 e. The van der Waals surface area contributed by atoms with Crippen LogP contribution in [0.5, 0.6) is 0 Å². The average molecular weight is 418 g/mol. The van der Waals surface area contributed by atoms with E-state index in [1.165, 1.54) is 19.2 Å². The molecule has 0 N–H and O–H groups in total. The molecule has 3 aliphatic rings. The lowest BCUT2D eigenvalue weighted by atomic mass is 10.1. The van der Waals surface area contributed by atoms with E-state index < -0.39 is 11.6 Å². The molecular formula is C24H20F2N4O. The van der Waals surface area contributed by atoms with Gasteiger partial charge in [0, 0.05) is 18.9 Å². The number of imidazole rings is 1. The van der Waals surface area contributed by atoms with Gasteiger partial charge in [0.1, 0.15) is 18.5 Å². The summed E-state index contributed by atoms with van der Waals surface area (Å²) < 4.78 is 29.5. The van der Waals surface area contributed by atoms with Crippen molar-refractivity contribution in [2.45, 2.75) is 13.0 Å². The molecule has 5 nitrogen and oxygen atoms in total. The van der Waals surface area contributed by atoms with Crippen molar-refractivity contribution < 1.29 is 13.6 Å². The number of fused-ring (bicyclic) bond motifs is 1. The second kappa shape index (κ2) is 9.30. The number of pyridine rings is 1. The molecule has 1 aliphatic carbocycles. The molecule has 2 aliphatic heterocycles. The van der Waals surface area contributed by atoms with Gasteiger partial charge in [-0.15, -0.1) is 0 Å². The molecule has 1 aromatic rings. The number of allylic oxidation sites excluding steroid dienone is 8. The molecule has 0 aromatic heterocycles. The maximum Gasteiger partial charge on any atom is 0.169 e. The first-order valence-electron chi connectivity index (χ1n) is 9.75. The van der Waals surface area contributed by atoms with Crippen LogP contribution < -0.4 is 0 Å². The van der Waals surface area contributed by atoms with Gasteiger partial charge in [0.05, 0.1) is 11.3 Å². The third kappa shape index (κ3) is 4.66. The molecule has 0 radical (unpaired) electrons. The fraction of sp³-hybridized carbons (Fsp3) is 0.125. The monoisotopic (exact) mass is 418 g/mol. The van der Waals surface area contributed by atoms with E-state index in [1.54, 1.807) is 6.07 Å². The van der Waals surface area contributed by atoms with Gasteiger partial charge in [-0.1, -0.05) is 47.7 Å². The molecule has 31 heavy (non-hydrogen) atoms. The van der Waals surface area contributed by atoms with Crippen LogP contribution in [0.1, 0.15) is 6.42 Å². The van der Waals surface area contributed by atoms with Crippen molar-refractivity contribution in [2.75, 3.05) is 7.11 Å². The van der Waals surface area contributed by atoms with Gasteiger partial charge < -0.3 is 9.40 Å². The molecule has 0 unspecified atom stereocenters. The lowest BCUT2D eigenvalue weighted by Gasteiger charge is -2.05. The normalized spacial score (nSPS) is 14.3. The van der Waals surface area contributed by atoms with Crippen LogP contribution in [0.2, 0.25) is 0 Å². The number of hydrogen-bond acceptors (Lipinski definition) is 4. The topological polar surface area (TPSA) is 52.3 Å². The standard InChI is InChI=1S/C24H20F2N4O/c1-31-29-20(17-8-4-2-3-5-9-17)12-7-14-30-15-13-21-22(16-30)28-24(27-21)18-10-6-11-19(25)23(18)26/h2-4,6-13,15-16H,5,14H2,1H3/b12-7+,29-20+. The maximum absolute atomic E-state index is 14.1.